The zero-order valence-corrected chi connectivity index (χ0v) is 12.5. The van der Waals surface area contributed by atoms with Crippen LogP contribution in [0.15, 0.2) is 18.2 Å². The molecular weight excluding hydrogens is 292 g/mol. The van der Waals surface area contributed by atoms with Crippen LogP contribution in [0.4, 0.5) is 13.6 Å². The first-order valence-electron chi connectivity index (χ1n) is 7.12. The van der Waals surface area contributed by atoms with Gasteiger partial charge in [0.1, 0.15) is 11.6 Å². The molecule has 0 unspecified atom stereocenters. The summed E-state index contributed by atoms with van der Waals surface area (Å²) >= 11 is 0. The molecule has 1 aromatic carbocycles. The van der Waals surface area contributed by atoms with E-state index in [9.17, 15) is 18.4 Å². The molecule has 120 valence electrons. The first-order valence-corrected chi connectivity index (χ1v) is 7.12. The average molecular weight is 311 g/mol. The van der Waals surface area contributed by atoms with Gasteiger partial charge in [0.25, 0.3) is 0 Å². The van der Waals surface area contributed by atoms with Gasteiger partial charge in [0.15, 0.2) is 0 Å². The van der Waals surface area contributed by atoms with E-state index in [-0.39, 0.29) is 18.2 Å². The van der Waals surface area contributed by atoms with Crippen molar-refractivity contribution in [2.45, 2.75) is 38.4 Å². The van der Waals surface area contributed by atoms with Crippen LogP contribution in [0, 0.1) is 11.6 Å². The SMILES string of the molecule is C[C@H](C(=O)NC(=O)NC1CC1)N(C)Cc1ccc(F)cc1F. The molecule has 1 fully saturated rings. The van der Waals surface area contributed by atoms with Crippen molar-refractivity contribution < 1.29 is 18.4 Å². The monoisotopic (exact) mass is 311 g/mol. The Hall–Kier alpha value is -2.02. The van der Waals surface area contributed by atoms with E-state index in [4.69, 9.17) is 0 Å². The van der Waals surface area contributed by atoms with Crippen LogP contribution in [0.5, 0.6) is 0 Å². The Morgan fingerprint density at radius 3 is 2.64 bits per heavy atom. The van der Waals surface area contributed by atoms with Gasteiger partial charge >= 0.3 is 6.03 Å². The van der Waals surface area contributed by atoms with Gasteiger partial charge in [0.2, 0.25) is 5.91 Å². The minimum Gasteiger partial charge on any atom is -0.335 e. The predicted octanol–water partition coefficient (Wildman–Crippen LogP) is 1.77. The van der Waals surface area contributed by atoms with Crippen molar-refractivity contribution in [2.75, 3.05) is 7.05 Å². The van der Waals surface area contributed by atoms with Gasteiger partial charge in [-0.25, -0.2) is 13.6 Å². The Morgan fingerprint density at radius 2 is 2.05 bits per heavy atom. The fraction of sp³-hybridized carbons (Fsp3) is 0.467. The molecule has 7 heteroatoms. The Balaban J connectivity index is 1.88. The molecule has 1 atom stereocenters. The lowest BCUT2D eigenvalue weighted by atomic mass is 10.1. The number of nitrogens with one attached hydrogen (secondary N) is 2. The first-order chi connectivity index (χ1) is 10.4. The van der Waals surface area contributed by atoms with Gasteiger partial charge in [-0.2, -0.15) is 0 Å². The molecule has 1 aliphatic rings. The van der Waals surface area contributed by atoms with E-state index < -0.39 is 29.6 Å². The highest BCUT2D eigenvalue weighted by atomic mass is 19.1. The summed E-state index contributed by atoms with van der Waals surface area (Å²) in [6, 6.07) is 2.33. The number of hydrogen-bond donors (Lipinski definition) is 2. The summed E-state index contributed by atoms with van der Waals surface area (Å²) in [5.74, 6) is -1.78. The molecule has 3 amide bonds. The Bertz CT molecular complexity index is 576. The maximum Gasteiger partial charge on any atom is 0.321 e. The quantitative estimate of drug-likeness (QED) is 0.871. The second kappa shape index (κ2) is 6.83. The van der Waals surface area contributed by atoms with Crippen molar-refractivity contribution in [3.63, 3.8) is 0 Å². The van der Waals surface area contributed by atoms with Crippen molar-refractivity contribution in [3.05, 3.63) is 35.4 Å². The molecule has 0 aromatic heterocycles. The lowest BCUT2D eigenvalue weighted by molar-refractivity contribution is -0.124. The second-order valence-electron chi connectivity index (χ2n) is 5.56. The van der Waals surface area contributed by atoms with Crippen molar-refractivity contribution in [1.29, 1.82) is 0 Å². The number of carbonyl (C=O) groups excluding carboxylic acids is 2. The highest BCUT2D eigenvalue weighted by Gasteiger charge is 2.26. The predicted molar refractivity (Wildman–Crippen MR) is 77.0 cm³/mol. The summed E-state index contributed by atoms with van der Waals surface area (Å²) < 4.78 is 26.5. The van der Waals surface area contributed by atoms with E-state index in [2.05, 4.69) is 10.6 Å². The molecule has 0 radical (unpaired) electrons. The van der Waals surface area contributed by atoms with E-state index in [1.807, 2.05) is 0 Å². The van der Waals surface area contributed by atoms with Crippen molar-refractivity contribution in [2.24, 2.45) is 0 Å². The molecule has 0 bridgehead atoms. The van der Waals surface area contributed by atoms with Crippen molar-refractivity contribution in [1.82, 2.24) is 15.5 Å². The molecule has 0 aliphatic heterocycles. The topological polar surface area (TPSA) is 61.4 Å². The molecule has 0 heterocycles. The lowest BCUT2D eigenvalue weighted by Crippen LogP contribution is -2.48. The molecule has 2 rings (SSSR count). The number of rotatable bonds is 5. The van der Waals surface area contributed by atoms with E-state index in [1.54, 1.807) is 18.9 Å². The second-order valence-corrected chi connectivity index (χ2v) is 5.56. The summed E-state index contributed by atoms with van der Waals surface area (Å²) in [4.78, 5) is 25.1. The molecule has 1 aromatic rings. The van der Waals surface area contributed by atoms with Crippen LogP contribution in [-0.2, 0) is 11.3 Å². The van der Waals surface area contributed by atoms with Gasteiger partial charge in [-0.1, -0.05) is 6.07 Å². The van der Waals surface area contributed by atoms with Crippen LogP contribution < -0.4 is 10.6 Å². The van der Waals surface area contributed by atoms with Gasteiger partial charge in [-0.15, -0.1) is 0 Å². The molecular formula is C15H19F2N3O2. The summed E-state index contributed by atoms with van der Waals surface area (Å²) in [6.07, 6.45) is 1.86. The Labute approximate surface area is 127 Å². The minimum atomic E-state index is -0.661. The van der Waals surface area contributed by atoms with Crippen LogP contribution in [0.2, 0.25) is 0 Å². The number of benzene rings is 1. The average Bonchev–Trinajstić information content (AvgIpc) is 3.24. The molecule has 0 spiro atoms. The highest BCUT2D eigenvalue weighted by Crippen LogP contribution is 2.18. The molecule has 22 heavy (non-hydrogen) atoms. The minimum absolute atomic E-state index is 0.130. The maximum atomic E-state index is 13.6. The molecule has 0 saturated heterocycles. The smallest absolute Gasteiger partial charge is 0.321 e. The van der Waals surface area contributed by atoms with Crippen LogP contribution in [0.25, 0.3) is 0 Å². The normalized spacial score (nSPS) is 15.5. The number of urea groups is 1. The zero-order chi connectivity index (χ0) is 16.3. The van der Waals surface area contributed by atoms with Crippen molar-refractivity contribution in [3.8, 4) is 0 Å². The van der Waals surface area contributed by atoms with Crippen LogP contribution in [0.1, 0.15) is 25.3 Å². The van der Waals surface area contributed by atoms with E-state index >= 15 is 0 Å². The van der Waals surface area contributed by atoms with Gasteiger partial charge < -0.3 is 5.32 Å². The van der Waals surface area contributed by atoms with Gasteiger partial charge in [0, 0.05) is 24.2 Å². The van der Waals surface area contributed by atoms with Crippen LogP contribution in [0.3, 0.4) is 0 Å². The maximum absolute atomic E-state index is 13.6. The lowest BCUT2D eigenvalue weighted by Gasteiger charge is -2.23. The van der Waals surface area contributed by atoms with Gasteiger partial charge in [0.05, 0.1) is 6.04 Å². The Morgan fingerprint density at radius 1 is 1.36 bits per heavy atom. The molecule has 2 N–H and O–H groups in total. The fourth-order valence-electron chi connectivity index (χ4n) is 1.92. The zero-order valence-electron chi connectivity index (χ0n) is 12.5. The van der Waals surface area contributed by atoms with Crippen LogP contribution >= 0.6 is 0 Å². The number of carbonyl (C=O) groups is 2. The third-order valence-electron chi connectivity index (χ3n) is 3.62. The highest BCUT2D eigenvalue weighted by molar-refractivity contribution is 5.96. The summed E-state index contributed by atoms with van der Waals surface area (Å²) in [7, 11) is 1.63. The molecule has 5 nitrogen and oxygen atoms in total. The number of hydrogen-bond acceptors (Lipinski definition) is 3. The largest absolute Gasteiger partial charge is 0.335 e. The Kier molecular flexibility index (Phi) is 5.07. The number of halogens is 2. The summed E-state index contributed by atoms with van der Waals surface area (Å²) in [5, 5.41) is 4.91. The number of amides is 3. The molecule has 1 aliphatic carbocycles. The third-order valence-corrected chi connectivity index (χ3v) is 3.62. The van der Waals surface area contributed by atoms with Gasteiger partial charge in [-0.3, -0.25) is 15.0 Å². The summed E-state index contributed by atoms with van der Waals surface area (Å²) in [5.41, 5.74) is 0.283. The third kappa shape index (κ3) is 4.49. The van der Waals surface area contributed by atoms with E-state index in [0.29, 0.717) is 0 Å². The first kappa shape index (κ1) is 16.4. The van der Waals surface area contributed by atoms with E-state index in [1.165, 1.54) is 12.1 Å². The number of imide groups is 1. The van der Waals surface area contributed by atoms with E-state index in [0.717, 1.165) is 18.9 Å². The van der Waals surface area contributed by atoms with Gasteiger partial charge in [-0.05, 0) is 32.9 Å². The van der Waals surface area contributed by atoms with Crippen molar-refractivity contribution >= 4 is 11.9 Å². The molecule has 1 saturated carbocycles. The fourth-order valence-corrected chi connectivity index (χ4v) is 1.92. The summed E-state index contributed by atoms with van der Waals surface area (Å²) in [6.45, 7) is 1.74. The number of likely N-dealkylation sites (N-methyl/N-ethyl adjacent to an activating group) is 1. The number of nitrogens with zero attached hydrogens (tertiary/aromatic N) is 1. The van der Waals surface area contributed by atoms with Crippen LogP contribution in [-0.4, -0.2) is 36.0 Å². The standard InChI is InChI=1S/C15H19F2N3O2/c1-9(14(21)19-15(22)18-12-5-6-12)20(2)8-10-3-4-11(16)7-13(10)17/h3-4,7,9,12H,5-6,8H2,1-2H3,(H2,18,19,21,22)/t9-/m1/s1.